The van der Waals surface area contributed by atoms with Gasteiger partial charge in [0.1, 0.15) is 22.3 Å². The molecule has 0 N–H and O–H groups in total. The molecule has 266 valence electrons. The van der Waals surface area contributed by atoms with Gasteiger partial charge in [-0.1, -0.05) is 152 Å². The third kappa shape index (κ3) is 5.04. The Labute approximate surface area is 330 Å². The number of hydrogen-bond acceptors (Lipinski definition) is 6. The van der Waals surface area contributed by atoms with E-state index < -0.39 is 0 Å². The smallest absolute Gasteiger partial charge is 0.164 e. The first kappa shape index (κ1) is 31.9. The van der Waals surface area contributed by atoms with Crippen molar-refractivity contribution in [3.05, 3.63) is 176 Å². The Morgan fingerprint density at radius 1 is 0.351 bits per heavy atom. The summed E-state index contributed by atoms with van der Waals surface area (Å²) in [7, 11) is 0. The van der Waals surface area contributed by atoms with E-state index in [-0.39, 0.29) is 0 Å². The van der Waals surface area contributed by atoms with Crippen LogP contribution in [-0.2, 0) is 0 Å². The second-order valence-electron chi connectivity index (χ2n) is 14.3. The van der Waals surface area contributed by atoms with E-state index in [1.165, 1.54) is 25.7 Å². The zero-order chi connectivity index (χ0) is 37.5. The first-order chi connectivity index (χ1) is 28.2. The number of fused-ring (bicyclic) bond motifs is 9. The van der Waals surface area contributed by atoms with Gasteiger partial charge in [0, 0.05) is 75.1 Å². The van der Waals surface area contributed by atoms with E-state index in [0.717, 1.165) is 77.3 Å². The van der Waals surface area contributed by atoms with Crippen molar-refractivity contribution in [1.29, 1.82) is 0 Å². The summed E-state index contributed by atoms with van der Waals surface area (Å²) in [6, 6.07) is 60.7. The predicted octanol–water partition coefficient (Wildman–Crippen LogP) is 14.4. The van der Waals surface area contributed by atoms with E-state index in [1.807, 2.05) is 84.1 Å². The molecule has 0 unspecified atom stereocenters. The molecule has 0 atom stereocenters. The van der Waals surface area contributed by atoms with Gasteiger partial charge >= 0.3 is 0 Å². The normalized spacial score (nSPS) is 11.9. The number of benzene rings is 8. The molecule has 0 bridgehead atoms. The summed E-state index contributed by atoms with van der Waals surface area (Å²) in [5.74, 6) is 1.82. The van der Waals surface area contributed by atoms with Crippen molar-refractivity contribution in [2.24, 2.45) is 0 Å². The van der Waals surface area contributed by atoms with Crippen molar-refractivity contribution in [2.75, 3.05) is 0 Å². The maximum Gasteiger partial charge on any atom is 0.164 e. The summed E-state index contributed by atoms with van der Waals surface area (Å²) in [5, 5.41) is 6.66. The summed E-state index contributed by atoms with van der Waals surface area (Å²) in [5.41, 5.74) is 10.3. The van der Waals surface area contributed by atoms with Crippen molar-refractivity contribution in [3.8, 4) is 56.4 Å². The molecule has 0 saturated heterocycles. The Morgan fingerprint density at radius 3 is 1.68 bits per heavy atom. The first-order valence-corrected chi connectivity index (χ1v) is 19.7. The van der Waals surface area contributed by atoms with Gasteiger partial charge in [-0.2, -0.15) is 0 Å². The molecular formula is C51H29N3O2S. The van der Waals surface area contributed by atoms with Gasteiger partial charge in [0.2, 0.25) is 0 Å². The molecule has 12 aromatic rings. The lowest BCUT2D eigenvalue weighted by Crippen LogP contribution is -2.00. The number of para-hydroxylation sites is 2. The standard InChI is InChI=1S/C51H29N3O2S/c1-3-13-30(14-4-1)49-52-50(31-15-5-2-6-16-31)54-51(53-49)40-24-12-25-43-45(40)41-29-32(27-28-42(41)55-43)33-18-9-19-35-36-20-10-21-37(47(36)56-46(33)35)39-23-11-22-38-34-17-7-8-26-44(34)57-48(38)39/h1-29H. The number of rotatable bonds is 5. The van der Waals surface area contributed by atoms with Crippen LogP contribution < -0.4 is 0 Å². The highest BCUT2D eigenvalue weighted by molar-refractivity contribution is 7.26. The van der Waals surface area contributed by atoms with E-state index in [1.54, 1.807) is 0 Å². The molecule has 4 aromatic heterocycles. The molecular weight excluding hydrogens is 719 g/mol. The highest BCUT2D eigenvalue weighted by Crippen LogP contribution is 2.45. The fourth-order valence-electron chi connectivity index (χ4n) is 8.33. The Hall–Kier alpha value is -7.41. The van der Waals surface area contributed by atoms with E-state index in [2.05, 4.69) is 103 Å². The molecule has 12 rings (SSSR count). The molecule has 0 spiro atoms. The number of nitrogens with zero attached hydrogens (tertiary/aromatic N) is 3. The molecule has 0 aliphatic heterocycles. The minimum atomic E-state index is 0.585. The second-order valence-corrected chi connectivity index (χ2v) is 15.3. The van der Waals surface area contributed by atoms with Gasteiger partial charge in [0.25, 0.3) is 0 Å². The maximum absolute atomic E-state index is 6.99. The molecule has 0 aliphatic rings. The minimum absolute atomic E-state index is 0.585. The van der Waals surface area contributed by atoms with Gasteiger partial charge in [0.15, 0.2) is 17.5 Å². The maximum atomic E-state index is 6.99. The van der Waals surface area contributed by atoms with E-state index in [4.69, 9.17) is 23.8 Å². The average Bonchev–Trinajstić information content (AvgIpc) is 3.98. The van der Waals surface area contributed by atoms with Crippen LogP contribution in [0, 0.1) is 0 Å². The zero-order valence-electron chi connectivity index (χ0n) is 30.3. The van der Waals surface area contributed by atoms with E-state index in [9.17, 15) is 0 Å². The first-order valence-electron chi connectivity index (χ1n) is 18.9. The number of furan rings is 2. The lowest BCUT2D eigenvalue weighted by atomic mass is 9.98. The minimum Gasteiger partial charge on any atom is -0.456 e. The van der Waals surface area contributed by atoms with Crippen molar-refractivity contribution in [1.82, 2.24) is 15.0 Å². The zero-order valence-corrected chi connectivity index (χ0v) is 31.1. The molecule has 0 fully saturated rings. The lowest BCUT2D eigenvalue weighted by molar-refractivity contribution is 0.668. The van der Waals surface area contributed by atoms with E-state index in [0.29, 0.717) is 17.5 Å². The fourth-order valence-corrected chi connectivity index (χ4v) is 9.56. The van der Waals surface area contributed by atoms with Gasteiger partial charge in [-0.25, -0.2) is 15.0 Å². The SMILES string of the molecule is c1ccc(-c2nc(-c3ccccc3)nc(-c3cccc4oc5ccc(-c6cccc7c6oc6c(-c8cccc9c8sc8ccccc89)cccc67)cc5c34)n2)cc1. The monoisotopic (exact) mass is 747 g/mol. The topological polar surface area (TPSA) is 65.0 Å². The van der Waals surface area contributed by atoms with Crippen LogP contribution in [0.4, 0.5) is 0 Å². The third-order valence-electron chi connectivity index (χ3n) is 11.0. The van der Waals surface area contributed by atoms with Crippen LogP contribution in [-0.4, -0.2) is 15.0 Å². The Bertz CT molecular complexity index is 3470. The molecule has 0 saturated carbocycles. The van der Waals surface area contributed by atoms with Gasteiger partial charge in [-0.15, -0.1) is 11.3 Å². The Kier molecular flexibility index (Phi) is 7.03. The van der Waals surface area contributed by atoms with Crippen LogP contribution >= 0.6 is 11.3 Å². The molecule has 8 aromatic carbocycles. The van der Waals surface area contributed by atoms with Crippen LogP contribution in [0.3, 0.4) is 0 Å². The lowest BCUT2D eigenvalue weighted by Gasteiger charge is -2.09. The summed E-state index contributed by atoms with van der Waals surface area (Å²) >= 11 is 1.84. The summed E-state index contributed by atoms with van der Waals surface area (Å²) in [6.45, 7) is 0. The van der Waals surface area contributed by atoms with Gasteiger partial charge in [-0.05, 0) is 29.8 Å². The summed E-state index contributed by atoms with van der Waals surface area (Å²) in [6.07, 6.45) is 0. The van der Waals surface area contributed by atoms with Gasteiger partial charge in [-0.3, -0.25) is 0 Å². The van der Waals surface area contributed by atoms with Crippen LogP contribution in [0.1, 0.15) is 0 Å². The van der Waals surface area contributed by atoms with Crippen LogP contribution in [0.15, 0.2) is 185 Å². The van der Waals surface area contributed by atoms with Gasteiger partial charge < -0.3 is 8.83 Å². The summed E-state index contributed by atoms with van der Waals surface area (Å²) in [4.78, 5) is 15.1. The molecule has 0 aliphatic carbocycles. The Morgan fingerprint density at radius 2 is 0.930 bits per heavy atom. The molecule has 5 nitrogen and oxygen atoms in total. The van der Waals surface area contributed by atoms with E-state index >= 15 is 0 Å². The van der Waals surface area contributed by atoms with Crippen molar-refractivity contribution >= 4 is 75.4 Å². The average molecular weight is 748 g/mol. The molecule has 57 heavy (non-hydrogen) atoms. The fraction of sp³-hybridized carbons (Fsp3) is 0. The van der Waals surface area contributed by atoms with Crippen LogP contribution in [0.2, 0.25) is 0 Å². The van der Waals surface area contributed by atoms with Crippen LogP contribution in [0.25, 0.3) is 120 Å². The predicted molar refractivity (Wildman–Crippen MR) is 234 cm³/mol. The van der Waals surface area contributed by atoms with Crippen LogP contribution in [0.5, 0.6) is 0 Å². The molecule has 6 heteroatoms. The van der Waals surface area contributed by atoms with Crippen molar-refractivity contribution in [2.45, 2.75) is 0 Å². The third-order valence-corrected chi connectivity index (χ3v) is 12.2. The highest BCUT2D eigenvalue weighted by atomic mass is 32.1. The number of aromatic nitrogens is 3. The highest BCUT2D eigenvalue weighted by Gasteiger charge is 2.21. The second kappa shape index (κ2) is 12.6. The quantitative estimate of drug-likeness (QED) is 0.175. The number of thiophene rings is 1. The number of hydrogen-bond donors (Lipinski definition) is 0. The van der Waals surface area contributed by atoms with Crippen molar-refractivity contribution in [3.63, 3.8) is 0 Å². The van der Waals surface area contributed by atoms with Crippen molar-refractivity contribution < 1.29 is 8.83 Å². The molecule has 0 amide bonds. The summed E-state index contributed by atoms with van der Waals surface area (Å²) < 4.78 is 16.0. The Balaban J connectivity index is 1.04. The molecule has 0 radical (unpaired) electrons. The van der Waals surface area contributed by atoms with Gasteiger partial charge in [0.05, 0.1) is 0 Å². The molecule has 4 heterocycles. The largest absolute Gasteiger partial charge is 0.456 e.